The number of likely N-dealkylation sites (tertiary alicyclic amines) is 1. The van der Waals surface area contributed by atoms with Crippen LogP contribution in [0.4, 0.5) is 0 Å². The zero-order chi connectivity index (χ0) is 27.1. The molecule has 1 amide bonds. The Morgan fingerprint density at radius 1 is 1.10 bits per heavy atom. The molecule has 2 N–H and O–H groups in total. The molecule has 40 heavy (non-hydrogen) atoms. The first-order chi connectivity index (χ1) is 19.4. The number of aryl methyl sites for hydroxylation is 1. The van der Waals surface area contributed by atoms with Crippen LogP contribution in [-0.4, -0.2) is 53.3 Å². The fourth-order valence-electron chi connectivity index (χ4n) is 7.03. The van der Waals surface area contributed by atoms with Gasteiger partial charge in [0.25, 0.3) is 5.91 Å². The second-order valence-electron chi connectivity index (χ2n) is 12.0. The number of para-hydroxylation sites is 1. The van der Waals surface area contributed by atoms with Gasteiger partial charge in [0.1, 0.15) is 0 Å². The highest BCUT2D eigenvalue weighted by Crippen LogP contribution is 2.40. The zero-order valence-corrected chi connectivity index (χ0v) is 23.3. The van der Waals surface area contributed by atoms with Gasteiger partial charge in [-0.15, -0.1) is 0 Å². The van der Waals surface area contributed by atoms with Crippen molar-refractivity contribution >= 4 is 39.4 Å². The summed E-state index contributed by atoms with van der Waals surface area (Å²) in [6.07, 6.45) is 8.50. The van der Waals surface area contributed by atoms with E-state index in [-0.39, 0.29) is 18.0 Å². The lowest BCUT2D eigenvalue weighted by molar-refractivity contribution is 0.0701. The number of rotatable bonds is 6. The van der Waals surface area contributed by atoms with Crippen LogP contribution in [-0.2, 0) is 20.1 Å². The molecule has 9 heteroatoms. The number of halogens is 1. The van der Waals surface area contributed by atoms with E-state index in [1.54, 1.807) is 0 Å². The molecule has 8 rings (SSSR count). The minimum Gasteiger partial charge on any atom is -0.338 e. The number of benzene rings is 2. The van der Waals surface area contributed by atoms with Crippen LogP contribution in [0.2, 0.25) is 5.02 Å². The molecule has 2 aromatic carbocycles. The number of fused-ring (bicyclic) bond motifs is 4. The standard InChI is InChI=1S/C31H32ClN7O/c1-36-14-19(13-34-36)16-39-29-23(32)10-22(31(40)38-17-21-8-9-26(38)28(21)33)11-24(29)35-30(39)27-12-20-4-2-3-5-25(20)37(27)15-18-6-7-18/h2-5,10-14,18,21,26,28H,6-9,15-17,33H2,1H3/t21?,26?,28-/m1/s1. The minimum atomic E-state index is -0.00217. The Labute approximate surface area is 237 Å². The summed E-state index contributed by atoms with van der Waals surface area (Å²) >= 11 is 7.03. The lowest BCUT2D eigenvalue weighted by Gasteiger charge is -2.27. The average Bonchev–Trinajstić information content (AvgIpc) is 3.22. The number of piperidine rings is 1. The van der Waals surface area contributed by atoms with E-state index in [0.29, 0.717) is 29.0 Å². The maximum Gasteiger partial charge on any atom is 0.254 e. The number of carbonyl (C=O) groups is 1. The van der Waals surface area contributed by atoms with Crippen molar-refractivity contribution in [3.8, 4) is 11.5 Å². The van der Waals surface area contributed by atoms with Crippen LogP contribution < -0.4 is 5.73 Å². The summed E-state index contributed by atoms with van der Waals surface area (Å²) < 4.78 is 6.41. The molecular weight excluding hydrogens is 522 g/mol. The van der Waals surface area contributed by atoms with Gasteiger partial charge in [-0.1, -0.05) is 29.8 Å². The third-order valence-corrected chi connectivity index (χ3v) is 9.52. The van der Waals surface area contributed by atoms with E-state index in [4.69, 9.17) is 22.3 Å². The molecule has 1 saturated heterocycles. The highest BCUT2D eigenvalue weighted by Gasteiger charge is 2.47. The molecule has 0 radical (unpaired) electrons. The Hall–Kier alpha value is -3.62. The van der Waals surface area contributed by atoms with Crippen molar-refractivity contribution in [3.63, 3.8) is 0 Å². The molecule has 3 aromatic heterocycles. The Morgan fingerprint density at radius 3 is 2.67 bits per heavy atom. The summed E-state index contributed by atoms with van der Waals surface area (Å²) in [6, 6.07) is 14.7. The highest BCUT2D eigenvalue weighted by molar-refractivity contribution is 6.35. The quantitative estimate of drug-likeness (QED) is 0.318. The van der Waals surface area contributed by atoms with E-state index in [1.165, 1.54) is 23.7 Å². The van der Waals surface area contributed by atoms with Gasteiger partial charge in [-0.05, 0) is 61.8 Å². The molecule has 3 atom stereocenters. The normalized spacial score (nSPS) is 22.3. The van der Waals surface area contributed by atoms with E-state index in [1.807, 2.05) is 41.2 Å². The van der Waals surface area contributed by atoms with Crippen LogP contribution in [0.25, 0.3) is 33.5 Å². The number of carbonyl (C=O) groups excluding carboxylic acids is 1. The van der Waals surface area contributed by atoms with Crippen LogP contribution >= 0.6 is 11.6 Å². The summed E-state index contributed by atoms with van der Waals surface area (Å²) in [5.74, 6) is 1.94. The highest BCUT2D eigenvalue weighted by atomic mass is 35.5. The second-order valence-corrected chi connectivity index (χ2v) is 12.4. The van der Waals surface area contributed by atoms with Crippen LogP contribution in [0.1, 0.15) is 41.6 Å². The lowest BCUT2D eigenvalue weighted by Crippen LogP contribution is -2.41. The predicted octanol–water partition coefficient (Wildman–Crippen LogP) is 5.06. The fraction of sp³-hybridized carbons (Fsp3) is 0.387. The van der Waals surface area contributed by atoms with Gasteiger partial charge in [-0.2, -0.15) is 5.10 Å². The summed E-state index contributed by atoms with van der Waals surface area (Å²) in [5.41, 5.74) is 11.9. The van der Waals surface area contributed by atoms with E-state index >= 15 is 0 Å². The first kappa shape index (κ1) is 24.2. The third kappa shape index (κ3) is 3.80. The average molecular weight is 554 g/mol. The van der Waals surface area contributed by atoms with E-state index in [2.05, 4.69) is 44.6 Å². The SMILES string of the molecule is Cn1cc(Cn2c(-c3cc4ccccc4n3CC3CC3)nc3cc(C(=O)N4CC5CCC4[C@@H]5N)cc(Cl)c32)cn1. The van der Waals surface area contributed by atoms with Crippen molar-refractivity contribution in [2.45, 2.75) is 50.9 Å². The molecule has 4 heterocycles. The summed E-state index contributed by atoms with van der Waals surface area (Å²) in [5, 5.41) is 6.12. The number of amides is 1. The molecule has 204 valence electrons. The van der Waals surface area contributed by atoms with Crippen molar-refractivity contribution in [1.82, 2.24) is 28.8 Å². The number of imidazole rings is 1. The van der Waals surface area contributed by atoms with Crippen molar-refractivity contribution in [3.05, 3.63) is 71.0 Å². The van der Waals surface area contributed by atoms with Gasteiger partial charge in [-0.3, -0.25) is 9.48 Å². The van der Waals surface area contributed by atoms with Gasteiger partial charge in [0, 0.05) is 60.4 Å². The molecule has 2 unspecified atom stereocenters. The molecule has 3 fully saturated rings. The Balaban J connectivity index is 1.29. The summed E-state index contributed by atoms with van der Waals surface area (Å²) in [7, 11) is 1.92. The lowest BCUT2D eigenvalue weighted by atomic mass is 10.1. The van der Waals surface area contributed by atoms with Crippen molar-refractivity contribution in [2.75, 3.05) is 6.54 Å². The summed E-state index contributed by atoms with van der Waals surface area (Å²) in [4.78, 5) is 20.8. The third-order valence-electron chi connectivity index (χ3n) is 9.23. The number of aromatic nitrogens is 5. The maximum absolute atomic E-state index is 13.7. The topological polar surface area (TPSA) is 86.9 Å². The molecule has 5 aromatic rings. The van der Waals surface area contributed by atoms with Crippen LogP contribution in [0, 0.1) is 11.8 Å². The second kappa shape index (κ2) is 8.94. The van der Waals surface area contributed by atoms with Crippen molar-refractivity contribution in [1.29, 1.82) is 0 Å². The minimum absolute atomic E-state index is 0.00217. The molecular formula is C31H32ClN7O. The molecule has 3 aliphatic rings. The Bertz CT molecular complexity index is 1790. The Kier molecular flexibility index (Phi) is 5.41. The number of nitrogens with two attached hydrogens (primary N) is 1. The van der Waals surface area contributed by atoms with Gasteiger partial charge in [-0.25, -0.2) is 4.98 Å². The van der Waals surface area contributed by atoms with Gasteiger partial charge in [0.2, 0.25) is 0 Å². The number of hydrogen-bond acceptors (Lipinski definition) is 4. The van der Waals surface area contributed by atoms with Gasteiger partial charge >= 0.3 is 0 Å². The number of nitrogens with zero attached hydrogens (tertiary/aromatic N) is 6. The van der Waals surface area contributed by atoms with Crippen molar-refractivity contribution < 1.29 is 4.79 Å². The van der Waals surface area contributed by atoms with Crippen LogP contribution in [0.15, 0.2) is 54.9 Å². The van der Waals surface area contributed by atoms with Crippen LogP contribution in [0.5, 0.6) is 0 Å². The van der Waals surface area contributed by atoms with E-state index in [9.17, 15) is 4.79 Å². The number of hydrogen-bond donors (Lipinski definition) is 1. The van der Waals surface area contributed by atoms with Gasteiger partial charge in [0.05, 0.1) is 34.5 Å². The van der Waals surface area contributed by atoms with Gasteiger partial charge < -0.3 is 19.8 Å². The molecule has 2 aliphatic carbocycles. The molecule has 8 nitrogen and oxygen atoms in total. The molecule has 1 aliphatic heterocycles. The van der Waals surface area contributed by atoms with Crippen molar-refractivity contribution in [2.24, 2.45) is 24.6 Å². The first-order valence-corrected chi connectivity index (χ1v) is 14.6. The fourth-order valence-corrected chi connectivity index (χ4v) is 7.34. The smallest absolute Gasteiger partial charge is 0.254 e. The van der Waals surface area contributed by atoms with Crippen LogP contribution in [0.3, 0.4) is 0 Å². The first-order valence-electron chi connectivity index (χ1n) is 14.3. The Morgan fingerprint density at radius 2 is 1.95 bits per heavy atom. The largest absolute Gasteiger partial charge is 0.338 e. The van der Waals surface area contributed by atoms with E-state index in [0.717, 1.165) is 54.0 Å². The molecule has 2 bridgehead atoms. The monoisotopic (exact) mass is 553 g/mol. The predicted molar refractivity (Wildman–Crippen MR) is 156 cm³/mol. The zero-order valence-electron chi connectivity index (χ0n) is 22.5. The molecule has 0 spiro atoms. The maximum atomic E-state index is 13.7. The summed E-state index contributed by atoms with van der Waals surface area (Å²) in [6.45, 7) is 2.26. The van der Waals surface area contributed by atoms with Gasteiger partial charge in [0.15, 0.2) is 5.82 Å². The molecule has 2 saturated carbocycles. The van der Waals surface area contributed by atoms with E-state index < -0.39 is 0 Å².